The van der Waals surface area contributed by atoms with Crippen molar-refractivity contribution in [3.63, 3.8) is 0 Å². The van der Waals surface area contributed by atoms with Gasteiger partial charge in [0.15, 0.2) is 0 Å². The number of methoxy groups -OCH3 is 1. The zero-order chi connectivity index (χ0) is 23.7. The summed E-state index contributed by atoms with van der Waals surface area (Å²) in [7, 11) is 1.65. The van der Waals surface area contributed by atoms with Crippen LogP contribution in [0.15, 0.2) is 66.7 Å². The number of nitrogens with zero attached hydrogens (tertiary/aromatic N) is 3. The van der Waals surface area contributed by atoms with Crippen molar-refractivity contribution in [2.75, 3.05) is 25.2 Å². The minimum Gasteiger partial charge on any atom is -0.497 e. The Morgan fingerprint density at radius 1 is 0.941 bits per heavy atom. The first-order valence-electron chi connectivity index (χ1n) is 11.6. The van der Waals surface area contributed by atoms with E-state index in [2.05, 4.69) is 36.6 Å². The van der Waals surface area contributed by atoms with Crippen molar-refractivity contribution in [2.45, 2.75) is 32.7 Å². The van der Waals surface area contributed by atoms with Crippen LogP contribution in [0.1, 0.15) is 29.3 Å². The van der Waals surface area contributed by atoms with Gasteiger partial charge in [0.05, 0.1) is 24.7 Å². The molecule has 1 aliphatic heterocycles. The molecule has 0 N–H and O–H groups in total. The zero-order valence-electron chi connectivity index (χ0n) is 19.8. The van der Waals surface area contributed by atoms with Gasteiger partial charge in [-0.15, -0.1) is 0 Å². The molecule has 1 fully saturated rings. The predicted octanol–water partition coefficient (Wildman–Crippen LogP) is 5.26. The van der Waals surface area contributed by atoms with Crippen LogP contribution in [-0.2, 0) is 11.3 Å². The third-order valence-corrected chi connectivity index (χ3v) is 6.53. The number of hydrogen-bond acceptors (Lipinski definition) is 4. The molecular weight excluding hydrogens is 426 g/mol. The van der Waals surface area contributed by atoms with Crippen LogP contribution in [0.5, 0.6) is 11.5 Å². The number of imidazole rings is 1. The van der Waals surface area contributed by atoms with Crippen molar-refractivity contribution in [3.05, 3.63) is 83.7 Å². The smallest absolute Gasteiger partial charge is 0.227 e. The molecule has 6 nitrogen and oxygen atoms in total. The number of fused-ring (bicyclic) bond motifs is 1. The third-order valence-electron chi connectivity index (χ3n) is 6.53. The van der Waals surface area contributed by atoms with Crippen LogP contribution in [0.2, 0.25) is 0 Å². The maximum absolute atomic E-state index is 13.1. The van der Waals surface area contributed by atoms with Crippen molar-refractivity contribution < 1.29 is 14.3 Å². The Labute approximate surface area is 199 Å². The Balaban J connectivity index is 1.40. The normalized spacial score (nSPS) is 15.8. The molecule has 0 spiro atoms. The maximum atomic E-state index is 13.1. The number of benzene rings is 3. The Morgan fingerprint density at radius 2 is 1.65 bits per heavy atom. The second kappa shape index (κ2) is 9.21. The number of ether oxygens (including phenoxy) is 2. The SMILES string of the molecule is COc1ccc(OCCn2c([C@H]3CC(=O)N(c4c(C)cccc4C)C3)nc3ccccc32)cc1. The quantitative estimate of drug-likeness (QED) is 0.381. The standard InChI is InChI=1S/C28H29N3O3/c1-19-7-6-8-20(2)27(19)31-18-21(17-26(31)32)28-29-24-9-4-5-10-25(24)30(28)15-16-34-23-13-11-22(33-3)12-14-23/h4-14,21H,15-18H2,1-3H3/t21-/m0/s1. The van der Waals surface area contributed by atoms with E-state index in [0.717, 1.165) is 45.2 Å². The minimum absolute atomic E-state index is 0.0277. The minimum atomic E-state index is 0.0277. The topological polar surface area (TPSA) is 56.6 Å². The number of aromatic nitrogens is 2. The Morgan fingerprint density at radius 3 is 2.38 bits per heavy atom. The Hall–Kier alpha value is -3.80. The molecule has 0 saturated carbocycles. The summed E-state index contributed by atoms with van der Waals surface area (Å²) < 4.78 is 13.4. The van der Waals surface area contributed by atoms with Gasteiger partial charge < -0.3 is 18.9 Å². The highest BCUT2D eigenvalue weighted by Crippen LogP contribution is 2.36. The largest absolute Gasteiger partial charge is 0.497 e. The highest BCUT2D eigenvalue weighted by atomic mass is 16.5. The average molecular weight is 456 g/mol. The summed E-state index contributed by atoms with van der Waals surface area (Å²) in [6, 6.07) is 21.9. The lowest BCUT2D eigenvalue weighted by atomic mass is 10.1. The first-order chi connectivity index (χ1) is 16.5. The summed E-state index contributed by atoms with van der Waals surface area (Å²) in [6.45, 7) is 5.91. The number of amides is 1. The summed E-state index contributed by atoms with van der Waals surface area (Å²) in [6.07, 6.45) is 0.455. The molecule has 0 unspecified atom stereocenters. The molecule has 1 saturated heterocycles. The molecule has 5 rings (SSSR count). The first-order valence-corrected chi connectivity index (χ1v) is 11.6. The van der Waals surface area contributed by atoms with E-state index in [1.54, 1.807) is 7.11 Å². The molecule has 1 amide bonds. The lowest BCUT2D eigenvalue weighted by molar-refractivity contribution is -0.117. The van der Waals surface area contributed by atoms with E-state index < -0.39 is 0 Å². The first kappa shape index (κ1) is 22.0. The van der Waals surface area contributed by atoms with Crippen LogP contribution in [0, 0.1) is 13.8 Å². The highest BCUT2D eigenvalue weighted by molar-refractivity contribution is 5.98. The maximum Gasteiger partial charge on any atom is 0.227 e. The number of carbonyl (C=O) groups is 1. The monoisotopic (exact) mass is 455 g/mol. The molecule has 1 aliphatic rings. The van der Waals surface area contributed by atoms with E-state index in [-0.39, 0.29) is 11.8 Å². The Kier molecular flexibility index (Phi) is 5.97. The second-order valence-corrected chi connectivity index (χ2v) is 8.78. The van der Waals surface area contributed by atoms with Crippen molar-refractivity contribution >= 4 is 22.6 Å². The van der Waals surface area contributed by atoms with Gasteiger partial charge in [0.25, 0.3) is 0 Å². The molecule has 0 bridgehead atoms. The summed E-state index contributed by atoms with van der Waals surface area (Å²) in [5.74, 6) is 2.72. The van der Waals surface area contributed by atoms with E-state index >= 15 is 0 Å². The lowest BCUT2D eigenvalue weighted by Gasteiger charge is -2.21. The van der Waals surface area contributed by atoms with Crippen LogP contribution in [-0.4, -0.2) is 35.7 Å². The number of rotatable bonds is 7. The molecule has 2 heterocycles. The van der Waals surface area contributed by atoms with E-state index in [1.807, 2.05) is 53.4 Å². The molecule has 34 heavy (non-hydrogen) atoms. The summed E-state index contributed by atoms with van der Waals surface area (Å²) in [4.78, 5) is 20.0. The number of anilines is 1. The van der Waals surface area contributed by atoms with Crippen LogP contribution in [0.4, 0.5) is 5.69 Å². The average Bonchev–Trinajstić information content (AvgIpc) is 3.40. The van der Waals surface area contributed by atoms with Crippen molar-refractivity contribution in [1.82, 2.24) is 9.55 Å². The highest BCUT2D eigenvalue weighted by Gasteiger charge is 2.35. The van der Waals surface area contributed by atoms with Crippen LogP contribution in [0.3, 0.4) is 0 Å². The molecule has 0 aliphatic carbocycles. The number of hydrogen-bond donors (Lipinski definition) is 0. The van der Waals surface area contributed by atoms with Crippen molar-refractivity contribution in [2.24, 2.45) is 0 Å². The van der Waals surface area contributed by atoms with Gasteiger partial charge in [0.1, 0.15) is 23.9 Å². The van der Waals surface area contributed by atoms with Gasteiger partial charge in [-0.2, -0.15) is 0 Å². The fraction of sp³-hybridized carbons (Fsp3) is 0.286. The van der Waals surface area contributed by atoms with Crippen LogP contribution in [0.25, 0.3) is 11.0 Å². The van der Waals surface area contributed by atoms with Gasteiger partial charge in [-0.25, -0.2) is 4.98 Å². The van der Waals surface area contributed by atoms with Gasteiger partial charge in [-0.3, -0.25) is 4.79 Å². The predicted molar refractivity (Wildman–Crippen MR) is 134 cm³/mol. The van der Waals surface area contributed by atoms with E-state index in [0.29, 0.717) is 26.1 Å². The molecule has 1 atom stereocenters. The van der Waals surface area contributed by atoms with Crippen molar-refractivity contribution in [1.29, 1.82) is 0 Å². The molecule has 174 valence electrons. The van der Waals surface area contributed by atoms with E-state index in [4.69, 9.17) is 14.5 Å². The van der Waals surface area contributed by atoms with Gasteiger partial charge >= 0.3 is 0 Å². The van der Waals surface area contributed by atoms with Gasteiger partial charge in [0, 0.05) is 24.6 Å². The number of carbonyl (C=O) groups excluding carboxylic acids is 1. The summed E-state index contributed by atoms with van der Waals surface area (Å²) >= 11 is 0. The molecule has 6 heteroatoms. The Bertz CT molecular complexity index is 1310. The van der Waals surface area contributed by atoms with Gasteiger partial charge in [-0.1, -0.05) is 30.3 Å². The molecule has 1 aromatic heterocycles. The fourth-order valence-corrected chi connectivity index (χ4v) is 4.90. The summed E-state index contributed by atoms with van der Waals surface area (Å²) in [5.41, 5.74) is 5.28. The second-order valence-electron chi connectivity index (χ2n) is 8.78. The third kappa shape index (κ3) is 4.12. The van der Waals surface area contributed by atoms with Crippen molar-refractivity contribution in [3.8, 4) is 11.5 Å². The van der Waals surface area contributed by atoms with Gasteiger partial charge in [0.2, 0.25) is 5.91 Å². The van der Waals surface area contributed by atoms with Crippen LogP contribution >= 0.6 is 0 Å². The van der Waals surface area contributed by atoms with E-state index in [9.17, 15) is 4.79 Å². The van der Waals surface area contributed by atoms with Gasteiger partial charge in [-0.05, 0) is 61.4 Å². The zero-order valence-corrected chi connectivity index (χ0v) is 19.8. The lowest BCUT2D eigenvalue weighted by Crippen LogP contribution is -2.26. The van der Waals surface area contributed by atoms with Crippen LogP contribution < -0.4 is 14.4 Å². The molecular formula is C28H29N3O3. The number of aryl methyl sites for hydroxylation is 2. The molecule has 3 aromatic carbocycles. The number of para-hydroxylation sites is 3. The fourth-order valence-electron chi connectivity index (χ4n) is 4.90. The van der Waals surface area contributed by atoms with E-state index in [1.165, 1.54) is 0 Å². The molecule has 4 aromatic rings. The summed E-state index contributed by atoms with van der Waals surface area (Å²) in [5, 5.41) is 0. The molecule has 0 radical (unpaired) electrons.